The zero-order valence-electron chi connectivity index (χ0n) is 14.1. The molecule has 4 rings (SSSR count). The van der Waals surface area contributed by atoms with Crippen molar-refractivity contribution in [2.75, 3.05) is 0 Å². The van der Waals surface area contributed by atoms with Gasteiger partial charge in [-0.2, -0.15) is 5.26 Å². The van der Waals surface area contributed by atoms with E-state index < -0.39 is 0 Å². The van der Waals surface area contributed by atoms with Crippen molar-refractivity contribution in [1.29, 1.82) is 5.26 Å². The van der Waals surface area contributed by atoms with Crippen LogP contribution in [0.1, 0.15) is 16.7 Å². The van der Waals surface area contributed by atoms with E-state index >= 15 is 0 Å². The average molecular weight is 336 g/mol. The Morgan fingerprint density at radius 3 is 2.46 bits per heavy atom. The van der Waals surface area contributed by atoms with Crippen LogP contribution in [-0.4, -0.2) is 10.1 Å². The minimum absolute atomic E-state index is 0.264. The molecule has 0 radical (unpaired) electrons. The number of phenolic OH excluding ortho intramolecular Hbond substituents is 1. The number of hydrogen-bond donors (Lipinski definition) is 1. The molecule has 0 fully saturated rings. The molecule has 0 unspecified atom stereocenters. The van der Waals surface area contributed by atoms with Gasteiger partial charge < -0.3 is 5.11 Å². The van der Waals surface area contributed by atoms with E-state index in [4.69, 9.17) is 0 Å². The van der Waals surface area contributed by atoms with E-state index in [0.717, 1.165) is 39.6 Å². The lowest BCUT2D eigenvalue weighted by atomic mass is 9.93. The van der Waals surface area contributed by atoms with E-state index in [1.807, 2.05) is 48.5 Å². The Balaban J connectivity index is 1.89. The molecule has 3 heteroatoms. The van der Waals surface area contributed by atoms with Gasteiger partial charge >= 0.3 is 0 Å². The summed E-state index contributed by atoms with van der Waals surface area (Å²) in [6, 6.07) is 25.3. The zero-order chi connectivity index (χ0) is 17.9. The van der Waals surface area contributed by atoms with Gasteiger partial charge in [-0.3, -0.25) is 4.98 Å². The Bertz CT molecular complexity index is 1120. The van der Waals surface area contributed by atoms with Crippen LogP contribution in [0.15, 0.2) is 79.0 Å². The standard InChI is InChI=1S/C23H16N2O/c24-15-19-4-1-2-6-21(19)22-14-17(12-16-7-9-20(26)10-8-16)13-18-5-3-11-25-23(18)22/h1-11,13-14,26H,12H2. The zero-order valence-corrected chi connectivity index (χ0v) is 14.1. The van der Waals surface area contributed by atoms with Crippen molar-refractivity contribution in [3.63, 3.8) is 0 Å². The minimum Gasteiger partial charge on any atom is -0.508 e. The summed E-state index contributed by atoms with van der Waals surface area (Å²) in [5.41, 5.74) is 5.65. The number of rotatable bonds is 3. The third-order valence-electron chi connectivity index (χ3n) is 4.45. The maximum absolute atomic E-state index is 9.49. The molecule has 1 aromatic heterocycles. The third kappa shape index (κ3) is 3.01. The maximum Gasteiger partial charge on any atom is 0.115 e. The van der Waals surface area contributed by atoms with Gasteiger partial charge in [0, 0.05) is 22.7 Å². The lowest BCUT2D eigenvalue weighted by Gasteiger charge is -2.11. The predicted molar refractivity (Wildman–Crippen MR) is 103 cm³/mol. The van der Waals surface area contributed by atoms with Crippen molar-refractivity contribution >= 4 is 10.9 Å². The highest BCUT2D eigenvalue weighted by molar-refractivity contribution is 5.95. The highest BCUT2D eigenvalue weighted by Gasteiger charge is 2.11. The van der Waals surface area contributed by atoms with Crippen LogP contribution in [0, 0.1) is 11.3 Å². The van der Waals surface area contributed by atoms with Crippen LogP contribution in [-0.2, 0) is 6.42 Å². The summed E-state index contributed by atoms with van der Waals surface area (Å²) in [7, 11) is 0. The lowest BCUT2D eigenvalue weighted by molar-refractivity contribution is 0.475. The van der Waals surface area contributed by atoms with Gasteiger partial charge in [-0.15, -0.1) is 0 Å². The predicted octanol–water partition coefficient (Wildman–Crippen LogP) is 5.07. The quantitative estimate of drug-likeness (QED) is 0.568. The first-order valence-electron chi connectivity index (χ1n) is 8.39. The van der Waals surface area contributed by atoms with E-state index in [0.29, 0.717) is 5.56 Å². The number of pyridine rings is 1. The molecule has 0 aliphatic rings. The van der Waals surface area contributed by atoms with Gasteiger partial charge in [0.2, 0.25) is 0 Å². The molecule has 1 N–H and O–H groups in total. The SMILES string of the molecule is N#Cc1ccccc1-c1cc(Cc2ccc(O)cc2)cc2cccnc12. The third-order valence-corrected chi connectivity index (χ3v) is 4.45. The van der Waals surface area contributed by atoms with Crippen LogP contribution < -0.4 is 0 Å². The van der Waals surface area contributed by atoms with Gasteiger partial charge in [0.1, 0.15) is 5.75 Å². The molecular formula is C23H16N2O. The van der Waals surface area contributed by atoms with Gasteiger partial charge in [0.05, 0.1) is 17.1 Å². The molecule has 1 heterocycles. The number of nitrogens with zero attached hydrogens (tertiary/aromatic N) is 2. The van der Waals surface area contributed by atoms with E-state index in [1.165, 1.54) is 0 Å². The molecule has 0 bridgehead atoms. The number of aromatic nitrogens is 1. The first-order chi connectivity index (χ1) is 12.7. The largest absolute Gasteiger partial charge is 0.508 e. The Labute approximate surface area is 151 Å². The summed E-state index contributed by atoms with van der Waals surface area (Å²) >= 11 is 0. The Morgan fingerprint density at radius 1 is 0.846 bits per heavy atom. The summed E-state index contributed by atoms with van der Waals surface area (Å²) in [6.07, 6.45) is 2.52. The molecule has 0 aliphatic heterocycles. The van der Waals surface area contributed by atoms with Gasteiger partial charge in [-0.1, -0.05) is 36.4 Å². The molecule has 3 nitrogen and oxygen atoms in total. The van der Waals surface area contributed by atoms with Crippen LogP contribution in [0.4, 0.5) is 0 Å². The van der Waals surface area contributed by atoms with Gasteiger partial charge in [-0.05, 0) is 53.9 Å². The molecule has 0 atom stereocenters. The van der Waals surface area contributed by atoms with Crippen molar-refractivity contribution in [2.45, 2.75) is 6.42 Å². The van der Waals surface area contributed by atoms with Crippen LogP contribution in [0.5, 0.6) is 5.75 Å². The average Bonchev–Trinajstić information content (AvgIpc) is 2.69. The normalized spacial score (nSPS) is 10.6. The molecule has 4 aromatic rings. The molecule has 3 aromatic carbocycles. The van der Waals surface area contributed by atoms with Crippen molar-refractivity contribution < 1.29 is 5.11 Å². The number of benzene rings is 3. The topological polar surface area (TPSA) is 56.9 Å². The Morgan fingerprint density at radius 2 is 1.65 bits per heavy atom. The van der Waals surface area contributed by atoms with Crippen LogP contribution in [0.3, 0.4) is 0 Å². The minimum atomic E-state index is 0.264. The summed E-state index contributed by atoms with van der Waals surface area (Å²) in [6.45, 7) is 0. The van der Waals surface area contributed by atoms with Gasteiger partial charge in [0.15, 0.2) is 0 Å². The molecule has 0 aliphatic carbocycles. The van der Waals surface area contributed by atoms with Gasteiger partial charge in [-0.25, -0.2) is 0 Å². The second-order valence-corrected chi connectivity index (χ2v) is 6.22. The number of phenols is 1. The summed E-state index contributed by atoms with van der Waals surface area (Å²) in [5, 5.41) is 20.0. The first-order valence-corrected chi connectivity index (χ1v) is 8.39. The lowest BCUT2D eigenvalue weighted by Crippen LogP contribution is -1.93. The fourth-order valence-corrected chi connectivity index (χ4v) is 3.23. The highest BCUT2D eigenvalue weighted by Crippen LogP contribution is 2.31. The van der Waals surface area contributed by atoms with E-state index in [2.05, 4.69) is 23.2 Å². The van der Waals surface area contributed by atoms with Crippen LogP contribution >= 0.6 is 0 Å². The first kappa shape index (κ1) is 15.9. The number of aromatic hydroxyl groups is 1. The monoisotopic (exact) mass is 336 g/mol. The van der Waals surface area contributed by atoms with E-state index in [-0.39, 0.29) is 5.75 Å². The molecule has 0 saturated carbocycles. The summed E-state index contributed by atoms with van der Waals surface area (Å²) in [5.74, 6) is 0.264. The highest BCUT2D eigenvalue weighted by atomic mass is 16.3. The molecule has 0 amide bonds. The van der Waals surface area contributed by atoms with Crippen LogP contribution in [0.2, 0.25) is 0 Å². The van der Waals surface area contributed by atoms with Crippen molar-refractivity contribution in [3.05, 3.63) is 95.7 Å². The Kier molecular flexibility index (Phi) is 4.09. The molecule has 26 heavy (non-hydrogen) atoms. The number of nitriles is 1. The summed E-state index contributed by atoms with van der Waals surface area (Å²) in [4.78, 5) is 4.55. The molecule has 0 spiro atoms. The number of fused-ring (bicyclic) bond motifs is 1. The van der Waals surface area contributed by atoms with Crippen molar-refractivity contribution in [3.8, 4) is 22.9 Å². The van der Waals surface area contributed by atoms with E-state index in [1.54, 1.807) is 18.3 Å². The Hall–Kier alpha value is -3.64. The fourth-order valence-electron chi connectivity index (χ4n) is 3.23. The van der Waals surface area contributed by atoms with Gasteiger partial charge in [0.25, 0.3) is 0 Å². The molecule has 124 valence electrons. The summed E-state index contributed by atoms with van der Waals surface area (Å²) < 4.78 is 0. The molecular weight excluding hydrogens is 320 g/mol. The second-order valence-electron chi connectivity index (χ2n) is 6.22. The van der Waals surface area contributed by atoms with Crippen molar-refractivity contribution in [1.82, 2.24) is 4.98 Å². The van der Waals surface area contributed by atoms with Crippen LogP contribution in [0.25, 0.3) is 22.0 Å². The number of hydrogen-bond acceptors (Lipinski definition) is 3. The maximum atomic E-state index is 9.49. The van der Waals surface area contributed by atoms with E-state index in [9.17, 15) is 10.4 Å². The smallest absolute Gasteiger partial charge is 0.115 e. The van der Waals surface area contributed by atoms with Crippen molar-refractivity contribution in [2.24, 2.45) is 0 Å². The second kappa shape index (κ2) is 6.70. The molecule has 0 saturated heterocycles. The fraction of sp³-hybridized carbons (Fsp3) is 0.0435.